The number of carbonyl (C=O) groups is 5. The minimum atomic E-state index is -2.36. The predicted octanol–water partition coefficient (Wildman–Crippen LogP) is 17.2. The van der Waals surface area contributed by atoms with E-state index < -0.39 is 129 Å². The lowest BCUT2D eigenvalue weighted by atomic mass is 9.79. The molecule has 2 fully saturated rings. The summed E-state index contributed by atoms with van der Waals surface area (Å²) >= 11 is 0. The fourth-order valence-electron chi connectivity index (χ4n) is 14.8. The molecule has 4 heterocycles. The number of hydrogen-bond acceptors (Lipinski definition) is 25. The molecule has 0 spiro atoms. The molecule has 0 aromatic carbocycles. The van der Waals surface area contributed by atoms with Crippen LogP contribution in [0.2, 0.25) is 36.3 Å². The standard InChI is InChI=1S/C44H79N5O10Si.C39H71NO9Si.C2H2N4O/c1-19-35(59-60(17,18)41(7,8)9)43(12,58-40(52)46-24-20-21-25-47-48-45)23-22-34(50)28(2)27-44(13,53-16)37(31(5)36-32(6)38(51)57-42(10,11)56-36)55-39-30(4)33(49(14)15)26-29(3)54-39;1-19-31(49-50(17,18)36(7,8)9)38(12,43)21-20-30(41)24(2)23-39(13,44-16)33(27(5)32-28(6)34(42)48-37(10,11)47-32)46-35-26(4)29(40(14)15)22-25(3)45-35;3-6-5-1-4-2-7/h22-23,28-31,33,35,37,39H,19-21,24-27H2,1-18H3,(H,46,52);20-21,24-27,29,31,33,35,43H,19,22-23H2,1-18H3;1H2/b23-22+;21-20+;/t28-,29?,30?,31+,33?,35-,37-,39+,43+,44-;24-,25?,26?,27+,29?,31-,33-,35+,38+,39-;/m11./s1. The van der Waals surface area contributed by atoms with E-state index in [0.717, 1.165) is 12.8 Å². The van der Waals surface area contributed by atoms with Crippen molar-refractivity contribution in [3.8, 4) is 0 Å². The smallest absolute Gasteiger partial charge is 0.408 e. The highest BCUT2D eigenvalue weighted by Gasteiger charge is 2.53. The Kier molecular flexibility index (Phi) is 41.5. The van der Waals surface area contributed by atoms with Gasteiger partial charge in [-0.05, 0) is 207 Å². The number of allylic oxidation sites excluding steroid dienone is 2. The highest BCUT2D eigenvalue weighted by atomic mass is 28.4. The number of alkyl carbamates (subject to hydrolysis) is 1. The second-order valence-electron chi connectivity index (χ2n) is 37.6. The van der Waals surface area contributed by atoms with E-state index in [9.17, 15) is 33.9 Å². The van der Waals surface area contributed by atoms with Gasteiger partial charge in [0.05, 0.1) is 59.0 Å². The number of nitrogens with zero attached hydrogens (tertiary/aromatic N) is 9. The Morgan fingerprint density at radius 3 is 1.38 bits per heavy atom. The number of nitrogens with one attached hydrogen (secondary N) is 1. The van der Waals surface area contributed by atoms with Crippen molar-refractivity contribution in [2.24, 2.45) is 50.7 Å². The molecule has 6 unspecified atom stereocenters. The SMILES string of the molecule is CC[C@@H](O[Si](C)(C)C(C)(C)C)[C@@](C)(O)/C=C/C(=O)[C@H](C)C[C@@](C)(OC)[C@H](O[C@@H]1OC(C)CC(N(C)C)C1C)[C@@H](C)C1=C(C)C(=O)OC(C)(C)O1.CC[C@@H](O[Si](C)(C)C(C)(C)C)[C@](C)(/C=C/C(=O)[C@H](C)C[C@@](C)(OC)[C@H](O[C@@H]1OC(C)CC(N(C)C)C1C)[C@@H](C)C1=C(C)C(=O)OC(C)(C)O1)OC(=O)NCCCCN=[N+]=[N-].[N-]=[N+]=NCN=C=O. The van der Waals surface area contributed by atoms with Crippen LogP contribution in [0.4, 0.5) is 4.79 Å². The number of carbonyl (C=O) groups excluding carboxylic acids is 6. The molecule has 1 amide bonds. The van der Waals surface area contributed by atoms with Gasteiger partial charge < -0.3 is 81.2 Å². The normalized spacial score (nSPS) is 25.4. The zero-order valence-corrected chi connectivity index (χ0v) is 80.1. The van der Waals surface area contributed by atoms with E-state index in [-0.39, 0.29) is 77.3 Å². The van der Waals surface area contributed by atoms with E-state index in [1.165, 1.54) is 18.2 Å². The molecule has 4 rings (SSSR count). The number of ketones is 2. The lowest BCUT2D eigenvalue weighted by Crippen LogP contribution is -2.56. The maximum atomic E-state index is 14.3. The molecule has 30 nitrogen and oxygen atoms in total. The number of azide groups is 2. The third-order valence-corrected chi connectivity index (χ3v) is 33.1. The van der Waals surface area contributed by atoms with E-state index in [4.69, 9.17) is 72.0 Å². The van der Waals surface area contributed by atoms with Gasteiger partial charge in [0.25, 0.3) is 0 Å². The molecule has 0 aromatic rings. The molecule has 2 saturated heterocycles. The van der Waals surface area contributed by atoms with Crippen LogP contribution in [0.5, 0.6) is 0 Å². The largest absolute Gasteiger partial charge is 0.456 e. The van der Waals surface area contributed by atoms with E-state index in [1.54, 1.807) is 81.8 Å². The van der Waals surface area contributed by atoms with Gasteiger partial charge in [0.2, 0.25) is 17.7 Å². The van der Waals surface area contributed by atoms with Crippen molar-refractivity contribution in [2.45, 2.75) is 363 Å². The number of isocyanates is 1. The second kappa shape index (κ2) is 45.3. The Morgan fingerprint density at radius 1 is 0.641 bits per heavy atom. The van der Waals surface area contributed by atoms with Gasteiger partial charge in [-0.3, -0.25) is 9.59 Å². The van der Waals surface area contributed by atoms with Crippen LogP contribution in [-0.2, 0) is 84.9 Å². The van der Waals surface area contributed by atoms with Crippen LogP contribution in [0.3, 0.4) is 0 Å². The molecule has 0 saturated carbocycles. The number of aliphatic hydroxyl groups is 1. The minimum absolute atomic E-state index is 0.0186. The van der Waals surface area contributed by atoms with E-state index >= 15 is 0 Å². The van der Waals surface area contributed by atoms with Crippen molar-refractivity contribution < 1.29 is 94.8 Å². The number of unbranched alkanes of at least 4 members (excludes halogenated alkanes) is 1. The molecular formula is C85H152N10O20Si2. The quantitative estimate of drug-likeness (QED) is 0.00550. The first-order chi connectivity index (χ1) is 53.6. The van der Waals surface area contributed by atoms with Gasteiger partial charge in [0.15, 0.2) is 46.4 Å². The number of amides is 1. The Morgan fingerprint density at radius 2 is 1.03 bits per heavy atom. The van der Waals surface area contributed by atoms with Gasteiger partial charge in [-0.1, -0.05) is 107 Å². The van der Waals surface area contributed by atoms with Gasteiger partial charge in [-0.15, -0.1) is 0 Å². The summed E-state index contributed by atoms with van der Waals surface area (Å²) < 4.78 is 82.8. The zero-order valence-electron chi connectivity index (χ0n) is 78.1. The van der Waals surface area contributed by atoms with Gasteiger partial charge in [0.1, 0.15) is 23.8 Å². The number of hydrogen-bond donors (Lipinski definition) is 2. The van der Waals surface area contributed by atoms with E-state index in [0.29, 0.717) is 61.4 Å². The second-order valence-corrected chi connectivity index (χ2v) is 47.1. The van der Waals surface area contributed by atoms with Gasteiger partial charge in [-0.25, -0.2) is 19.2 Å². The Labute approximate surface area is 702 Å². The van der Waals surface area contributed by atoms with Crippen molar-refractivity contribution in [2.75, 3.05) is 62.2 Å². The fourth-order valence-corrected chi connectivity index (χ4v) is 17.8. The average molecular weight is 1690 g/mol. The number of aliphatic imine (C=N–C) groups is 1. The summed E-state index contributed by atoms with van der Waals surface area (Å²) in [7, 11) is 6.90. The fraction of sp³-hybridized carbons (Fsp3) is 0.835. The third kappa shape index (κ3) is 31.2. The van der Waals surface area contributed by atoms with Gasteiger partial charge in [-0.2, -0.15) is 4.99 Å². The van der Waals surface area contributed by atoms with Crippen LogP contribution in [0.1, 0.15) is 231 Å². The third-order valence-electron chi connectivity index (χ3n) is 24.1. The number of ether oxygens (including phenoxy) is 11. The monoisotopic (exact) mass is 1690 g/mol. The lowest BCUT2D eigenvalue weighted by Gasteiger charge is -2.48. The van der Waals surface area contributed by atoms with Crippen LogP contribution in [0, 0.1) is 35.5 Å². The summed E-state index contributed by atoms with van der Waals surface area (Å²) in [6.45, 7) is 59.4. The first-order valence-corrected chi connectivity index (χ1v) is 47.3. The predicted molar refractivity (Wildman–Crippen MR) is 457 cm³/mol. The summed E-state index contributed by atoms with van der Waals surface area (Å²) in [6.07, 6.45) is 7.52. The molecule has 0 aromatic heterocycles. The van der Waals surface area contributed by atoms with Crippen LogP contribution in [0.25, 0.3) is 20.9 Å². The molecule has 4 aliphatic heterocycles. The highest BCUT2D eigenvalue weighted by Crippen LogP contribution is 2.46. The van der Waals surface area contributed by atoms with Crippen molar-refractivity contribution in [1.82, 2.24) is 15.1 Å². The first-order valence-electron chi connectivity index (χ1n) is 41.5. The summed E-state index contributed by atoms with van der Waals surface area (Å²) in [5.41, 5.74) is 12.0. The number of rotatable bonds is 40. The summed E-state index contributed by atoms with van der Waals surface area (Å²) in [5, 5.41) is 20.6. The average Bonchev–Trinajstić information content (AvgIpc) is 0.776. The molecular weight excluding hydrogens is 1540 g/mol. The van der Waals surface area contributed by atoms with Gasteiger partial charge >= 0.3 is 18.0 Å². The molecule has 0 radical (unpaired) electrons. The van der Waals surface area contributed by atoms with Crippen LogP contribution in [0.15, 0.2) is 62.2 Å². The topological polar surface area (TPSA) is 371 Å². The zero-order chi connectivity index (χ0) is 90.3. The Balaban J connectivity index is 0.000000742. The Bertz CT molecular complexity index is 3520. The van der Waals surface area contributed by atoms with E-state index in [2.05, 4.69) is 150 Å². The van der Waals surface area contributed by atoms with Crippen molar-refractivity contribution in [3.63, 3.8) is 0 Å². The molecule has 20 atom stereocenters. The summed E-state index contributed by atoms with van der Waals surface area (Å²) in [5.74, 6) is -4.88. The highest BCUT2D eigenvalue weighted by molar-refractivity contribution is 6.74. The maximum Gasteiger partial charge on any atom is 0.408 e. The Hall–Kier alpha value is -5.90. The minimum Gasteiger partial charge on any atom is -0.456 e. The summed E-state index contributed by atoms with van der Waals surface area (Å²) in [4.78, 5) is 89.0. The molecule has 670 valence electrons. The molecule has 0 bridgehead atoms. The molecule has 0 aliphatic carbocycles. The van der Waals surface area contributed by atoms with Crippen LogP contribution in [-0.4, -0.2) is 225 Å². The van der Waals surface area contributed by atoms with Gasteiger partial charge in [0, 0.05) is 112 Å². The van der Waals surface area contributed by atoms with Crippen molar-refractivity contribution in [1.29, 1.82) is 0 Å². The molecule has 32 heteroatoms. The number of methoxy groups -OCH3 is 2. The molecule has 117 heavy (non-hydrogen) atoms. The number of esters is 2. The molecule has 4 aliphatic rings. The van der Waals surface area contributed by atoms with Crippen molar-refractivity contribution >= 4 is 52.3 Å². The maximum absolute atomic E-state index is 14.3. The van der Waals surface area contributed by atoms with Crippen molar-refractivity contribution in [3.05, 3.63) is 67.9 Å². The molecule has 2 N–H and O–H groups in total. The van der Waals surface area contributed by atoms with E-state index in [1.807, 2.05) is 69.2 Å². The van der Waals surface area contributed by atoms with Crippen LogP contribution < -0.4 is 5.32 Å². The summed E-state index contributed by atoms with van der Waals surface area (Å²) in [6, 6.07) is 0.408. The number of cyclic esters (lactones) is 2. The van der Waals surface area contributed by atoms with Crippen LogP contribution >= 0.6 is 0 Å². The lowest BCUT2D eigenvalue weighted by molar-refractivity contribution is -0.285. The first kappa shape index (κ1) is 107.